The number of benzene rings is 1. The van der Waals surface area contributed by atoms with Gasteiger partial charge in [-0.05, 0) is 30.2 Å². The van der Waals surface area contributed by atoms with Crippen molar-refractivity contribution >= 4 is 21.6 Å². The second-order valence-corrected chi connectivity index (χ2v) is 3.52. The molecule has 1 aromatic carbocycles. The molecule has 1 heterocycles. The van der Waals surface area contributed by atoms with Crippen LogP contribution in [0.15, 0.2) is 22.7 Å². The molecule has 58 valence electrons. The zero-order valence-corrected chi connectivity index (χ0v) is 7.61. The molecule has 0 amide bonds. The van der Waals surface area contributed by atoms with Crippen molar-refractivity contribution < 1.29 is 0 Å². The van der Waals surface area contributed by atoms with E-state index in [0.717, 1.165) is 17.4 Å². The summed E-state index contributed by atoms with van der Waals surface area (Å²) >= 11 is 3.44. The molecule has 1 aliphatic rings. The van der Waals surface area contributed by atoms with Crippen LogP contribution in [0.3, 0.4) is 0 Å². The molecular weight excluding hydrogens is 204 g/mol. The predicted octanol–water partition coefficient (Wildman–Crippen LogP) is 1.92. The standard InChI is InChI=1S/C8H9BrN2/c9-7-1-2-8-6(5-7)3-4-10-11-8/h1-2,5,10-11H,3-4H2. The minimum atomic E-state index is 1.00. The molecule has 0 radical (unpaired) electrons. The Labute approximate surface area is 74.1 Å². The van der Waals surface area contributed by atoms with E-state index in [2.05, 4.69) is 38.9 Å². The Morgan fingerprint density at radius 2 is 2.27 bits per heavy atom. The molecule has 0 saturated heterocycles. The number of fused-ring (bicyclic) bond motifs is 1. The van der Waals surface area contributed by atoms with Gasteiger partial charge in [-0.2, -0.15) is 0 Å². The van der Waals surface area contributed by atoms with Crippen LogP contribution in [0.4, 0.5) is 5.69 Å². The molecule has 11 heavy (non-hydrogen) atoms. The fourth-order valence-electron chi connectivity index (χ4n) is 1.25. The summed E-state index contributed by atoms with van der Waals surface area (Å²) in [5.74, 6) is 0. The summed E-state index contributed by atoms with van der Waals surface area (Å²) in [6.07, 6.45) is 1.10. The van der Waals surface area contributed by atoms with E-state index in [4.69, 9.17) is 0 Å². The molecule has 1 aliphatic heterocycles. The number of anilines is 1. The topological polar surface area (TPSA) is 24.1 Å². The van der Waals surface area contributed by atoms with Gasteiger partial charge in [0.05, 0.1) is 5.69 Å². The van der Waals surface area contributed by atoms with Crippen molar-refractivity contribution in [3.63, 3.8) is 0 Å². The van der Waals surface area contributed by atoms with Crippen molar-refractivity contribution in [1.29, 1.82) is 0 Å². The van der Waals surface area contributed by atoms with Gasteiger partial charge >= 0.3 is 0 Å². The van der Waals surface area contributed by atoms with E-state index in [0.29, 0.717) is 0 Å². The van der Waals surface area contributed by atoms with Gasteiger partial charge in [0.15, 0.2) is 0 Å². The zero-order chi connectivity index (χ0) is 7.68. The molecule has 0 aromatic heterocycles. The van der Waals surface area contributed by atoms with E-state index >= 15 is 0 Å². The van der Waals surface area contributed by atoms with E-state index in [1.807, 2.05) is 6.07 Å². The van der Waals surface area contributed by atoms with E-state index in [1.54, 1.807) is 0 Å². The van der Waals surface area contributed by atoms with Crippen LogP contribution >= 0.6 is 15.9 Å². The lowest BCUT2D eigenvalue weighted by Crippen LogP contribution is -2.29. The Kier molecular flexibility index (Phi) is 1.84. The summed E-state index contributed by atoms with van der Waals surface area (Å²) < 4.78 is 1.15. The van der Waals surface area contributed by atoms with Gasteiger partial charge in [-0.25, -0.2) is 5.43 Å². The van der Waals surface area contributed by atoms with Crippen molar-refractivity contribution in [2.45, 2.75) is 6.42 Å². The van der Waals surface area contributed by atoms with E-state index in [9.17, 15) is 0 Å². The average molecular weight is 213 g/mol. The molecule has 0 aliphatic carbocycles. The lowest BCUT2D eigenvalue weighted by molar-refractivity contribution is 0.747. The Balaban J connectivity index is 2.43. The van der Waals surface area contributed by atoms with Crippen LogP contribution in [0.25, 0.3) is 0 Å². The molecule has 0 spiro atoms. The Morgan fingerprint density at radius 3 is 3.18 bits per heavy atom. The highest BCUT2D eigenvalue weighted by molar-refractivity contribution is 9.10. The van der Waals surface area contributed by atoms with E-state index in [1.165, 1.54) is 11.3 Å². The summed E-state index contributed by atoms with van der Waals surface area (Å²) in [6.45, 7) is 1.00. The van der Waals surface area contributed by atoms with Crippen molar-refractivity contribution in [1.82, 2.24) is 5.43 Å². The lowest BCUT2D eigenvalue weighted by atomic mass is 10.1. The average Bonchev–Trinajstić information content (AvgIpc) is 2.04. The van der Waals surface area contributed by atoms with Crippen molar-refractivity contribution in [3.8, 4) is 0 Å². The van der Waals surface area contributed by atoms with E-state index in [-0.39, 0.29) is 0 Å². The highest BCUT2D eigenvalue weighted by Gasteiger charge is 2.06. The number of hydrogen-bond acceptors (Lipinski definition) is 2. The second kappa shape index (κ2) is 2.83. The molecule has 1 aromatic rings. The van der Waals surface area contributed by atoms with Crippen LogP contribution in [0, 0.1) is 0 Å². The fraction of sp³-hybridized carbons (Fsp3) is 0.250. The summed E-state index contributed by atoms with van der Waals surface area (Å²) in [6, 6.07) is 6.27. The lowest BCUT2D eigenvalue weighted by Gasteiger charge is -2.18. The second-order valence-electron chi connectivity index (χ2n) is 2.60. The van der Waals surface area contributed by atoms with Gasteiger partial charge in [0.25, 0.3) is 0 Å². The Morgan fingerprint density at radius 1 is 1.36 bits per heavy atom. The van der Waals surface area contributed by atoms with Crippen LogP contribution in [0.5, 0.6) is 0 Å². The van der Waals surface area contributed by atoms with Gasteiger partial charge in [0, 0.05) is 11.0 Å². The molecule has 0 atom stereocenters. The number of nitrogens with one attached hydrogen (secondary N) is 2. The van der Waals surface area contributed by atoms with Gasteiger partial charge in [-0.15, -0.1) is 0 Å². The van der Waals surface area contributed by atoms with Crippen molar-refractivity contribution in [2.75, 3.05) is 12.0 Å². The minimum absolute atomic E-state index is 1.00. The molecule has 0 fully saturated rings. The first-order valence-electron chi connectivity index (χ1n) is 3.63. The van der Waals surface area contributed by atoms with Crippen LogP contribution in [0.1, 0.15) is 5.56 Å². The quantitative estimate of drug-likeness (QED) is 0.687. The summed E-state index contributed by atoms with van der Waals surface area (Å²) in [5.41, 5.74) is 8.78. The van der Waals surface area contributed by atoms with Crippen LogP contribution in [-0.2, 0) is 6.42 Å². The van der Waals surface area contributed by atoms with Crippen molar-refractivity contribution in [2.24, 2.45) is 0 Å². The first-order chi connectivity index (χ1) is 5.36. The summed E-state index contributed by atoms with van der Waals surface area (Å²) in [7, 11) is 0. The molecule has 2 rings (SSSR count). The highest BCUT2D eigenvalue weighted by atomic mass is 79.9. The Bertz CT molecular complexity index is 273. The molecule has 0 bridgehead atoms. The third-order valence-electron chi connectivity index (χ3n) is 1.81. The SMILES string of the molecule is Brc1ccc2c(c1)CCNN2. The third kappa shape index (κ3) is 1.39. The van der Waals surface area contributed by atoms with Gasteiger partial charge in [0.1, 0.15) is 0 Å². The minimum Gasteiger partial charge on any atom is -0.321 e. The number of hydrazine groups is 1. The molecular formula is C8H9BrN2. The van der Waals surface area contributed by atoms with Gasteiger partial charge < -0.3 is 5.43 Å². The van der Waals surface area contributed by atoms with Crippen molar-refractivity contribution in [3.05, 3.63) is 28.2 Å². The fourth-order valence-corrected chi connectivity index (χ4v) is 1.65. The summed E-state index contributed by atoms with van der Waals surface area (Å²) in [5, 5.41) is 0. The maximum absolute atomic E-state index is 3.44. The van der Waals surface area contributed by atoms with Gasteiger partial charge in [-0.3, -0.25) is 0 Å². The van der Waals surface area contributed by atoms with Gasteiger partial charge in [0.2, 0.25) is 0 Å². The zero-order valence-electron chi connectivity index (χ0n) is 6.02. The molecule has 2 N–H and O–H groups in total. The predicted molar refractivity (Wildman–Crippen MR) is 49.5 cm³/mol. The van der Waals surface area contributed by atoms with Gasteiger partial charge in [-0.1, -0.05) is 15.9 Å². The maximum atomic E-state index is 3.44. The van der Waals surface area contributed by atoms with E-state index < -0.39 is 0 Å². The maximum Gasteiger partial charge on any atom is 0.0520 e. The normalized spacial score (nSPS) is 15.4. The first-order valence-corrected chi connectivity index (χ1v) is 4.43. The van der Waals surface area contributed by atoms with Crippen LogP contribution in [-0.4, -0.2) is 6.54 Å². The first kappa shape index (κ1) is 7.13. The van der Waals surface area contributed by atoms with Crippen LogP contribution in [0.2, 0.25) is 0 Å². The molecule has 3 heteroatoms. The molecule has 0 unspecified atom stereocenters. The van der Waals surface area contributed by atoms with Crippen LogP contribution < -0.4 is 10.9 Å². The molecule has 2 nitrogen and oxygen atoms in total. The monoisotopic (exact) mass is 212 g/mol. The largest absolute Gasteiger partial charge is 0.321 e. The Hall–Kier alpha value is -0.540. The summed E-state index contributed by atoms with van der Waals surface area (Å²) in [4.78, 5) is 0. The smallest absolute Gasteiger partial charge is 0.0520 e. The molecule has 0 saturated carbocycles. The highest BCUT2D eigenvalue weighted by Crippen LogP contribution is 2.22. The number of hydrogen-bond donors (Lipinski definition) is 2. The third-order valence-corrected chi connectivity index (χ3v) is 2.30. The number of rotatable bonds is 0. The number of halogens is 1.